The third kappa shape index (κ3) is 6.40. The number of carbonyl (C=O) groups excluding carboxylic acids is 1. The summed E-state index contributed by atoms with van der Waals surface area (Å²) in [5, 5.41) is 0.680. The quantitative estimate of drug-likeness (QED) is 0.604. The zero-order chi connectivity index (χ0) is 20.9. The molecule has 1 amide bonds. The average Bonchev–Trinajstić information content (AvgIpc) is 2.61. The van der Waals surface area contributed by atoms with E-state index in [1.165, 1.54) is 15.9 Å². The fourth-order valence-electron chi connectivity index (χ4n) is 2.76. The summed E-state index contributed by atoms with van der Waals surface area (Å²) in [6.45, 7) is 2.66. The molecular formula is C20H24Cl2N2O3S. The van der Waals surface area contributed by atoms with E-state index in [-0.39, 0.29) is 23.9 Å². The van der Waals surface area contributed by atoms with Crippen molar-refractivity contribution in [2.75, 3.05) is 24.2 Å². The number of amides is 1. The minimum atomic E-state index is -3.56. The van der Waals surface area contributed by atoms with Crippen LogP contribution < -0.4 is 4.31 Å². The van der Waals surface area contributed by atoms with Gasteiger partial charge < -0.3 is 4.90 Å². The second-order valence-electron chi connectivity index (χ2n) is 6.77. The maximum atomic E-state index is 12.4. The molecule has 0 bridgehead atoms. The van der Waals surface area contributed by atoms with Gasteiger partial charge in [-0.2, -0.15) is 0 Å². The molecule has 0 saturated heterocycles. The molecule has 28 heavy (non-hydrogen) atoms. The van der Waals surface area contributed by atoms with Gasteiger partial charge in [-0.3, -0.25) is 9.10 Å². The molecular weight excluding hydrogens is 419 g/mol. The van der Waals surface area contributed by atoms with Gasteiger partial charge in [0.15, 0.2) is 0 Å². The summed E-state index contributed by atoms with van der Waals surface area (Å²) in [5.41, 5.74) is 2.53. The summed E-state index contributed by atoms with van der Waals surface area (Å²) >= 11 is 12.1. The molecule has 0 saturated carbocycles. The Labute approximate surface area is 176 Å². The maximum Gasteiger partial charge on any atom is 0.232 e. The van der Waals surface area contributed by atoms with Crippen molar-refractivity contribution >= 4 is 44.8 Å². The Morgan fingerprint density at radius 3 is 2.32 bits per heavy atom. The highest BCUT2D eigenvalue weighted by atomic mass is 35.5. The van der Waals surface area contributed by atoms with Crippen molar-refractivity contribution in [2.45, 2.75) is 26.3 Å². The highest BCUT2D eigenvalue weighted by molar-refractivity contribution is 7.92. The Morgan fingerprint density at radius 1 is 1.07 bits per heavy atom. The van der Waals surface area contributed by atoms with Crippen molar-refractivity contribution in [1.29, 1.82) is 0 Å². The van der Waals surface area contributed by atoms with Gasteiger partial charge in [0, 0.05) is 31.6 Å². The zero-order valence-corrected chi connectivity index (χ0v) is 18.5. The molecule has 0 atom stereocenters. The molecule has 0 spiro atoms. The van der Waals surface area contributed by atoms with Crippen LogP contribution >= 0.6 is 23.2 Å². The summed E-state index contributed by atoms with van der Waals surface area (Å²) in [6, 6.07) is 12.7. The molecule has 2 rings (SSSR count). The van der Waals surface area contributed by atoms with Gasteiger partial charge >= 0.3 is 0 Å². The van der Waals surface area contributed by atoms with Crippen LogP contribution in [0.15, 0.2) is 42.5 Å². The van der Waals surface area contributed by atoms with E-state index in [4.69, 9.17) is 23.2 Å². The Morgan fingerprint density at radius 2 is 1.71 bits per heavy atom. The van der Waals surface area contributed by atoms with Gasteiger partial charge in [0.2, 0.25) is 15.9 Å². The number of halogens is 2. The SMILES string of the molecule is Cc1ccc(CN(C)C(=O)CCCN(c2cc(Cl)ccc2Cl)S(C)(=O)=O)cc1. The molecule has 0 unspecified atom stereocenters. The first-order valence-corrected chi connectivity index (χ1v) is 11.4. The van der Waals surface area contributed by atoms with Crippen LogP contribution in [-0.2, 0) is 21.4 Å². The van der Waals surface area contributed by atoms with Crippen LogP contribution in [0.4, 0.5) is 5.69 Å². The molecule has 0 heterocycles. The largest absolute Gasteiger partial charge is 0.341 e. The van der Waals surface area contributed by atoms with E-state index in [2.05, 4.69) is 0 Å². The fraction of sp³-hybridized carbons (Fsp3) is 0.350. The smallest absolute Gasteiger partial charge is 0.232 e. The number of aryl methyl sites for hydroxylation is 1. The number of rotatable bonds is 8. The van der Waals surface area contributed by atoms with Gasteiger partial charge in [-0.1, -0.05) is 53.0 Å². The Bertz CT molecular complexity index is 931. The van der Waals surface area contributed by atoms with Crippen molar-refractivity contribution in [3.8, 4) is 0 Å². The predicted molar refractivity (Wildman–Crippen MR) is 116 cm³/mol. The number of carbonyl (C=O) groups is 1. The lowest BCUT2D eigenvalue weighted by molar-refractivity contribution is -0.130. The molecule has 152 valence electrons. The van der Waals surface area contributed by atoms with Gasteiger partial charge in [-0.05, 0) is 37.1 Å². The third-order valence-corrected chi connectivity index (χ3v) is 6.03. The first-order valence-electron chi connectivity index (χ1n) is 8.80. The van der Waals surface area contributed by atoms with E-state index in [0.29, 0.717) is 23.7 Å². The van der Waals surface area contributed by atoms with Crippen LogP contribution in [0.25, 0.3) is 0 Å². The minimum absolute atomic E-state index is 0.0498. The third-order valence-electron chi connectivity index (χ3n) is 4.30. The topological polar surface area (TPSA) is 57.7 Å². The van der Waals surface area contributed by atoms with Gasteiger partial charge in [-0.15, -0.1) is 0 Å². The molecule has 0 N–H and O–H groups in total. The summed E-state index contributed by atoms with van der Waals surface area (Å²) in [5.74, 6) is -0.0498. The first kappa shape index (κ1) is 22.5. The number of benzene rings is 2. The van der Waals surface area contributed by atoms with Crippen LogP contribution in [0.1, 0.15) is 24.0 Å². The molecule has 2 aromatic carbocycles. The molecule has 0 aromatic heterocycles. The Hall–Kier alpha value is -1.76. The van der Waals surface area contributed by atoms with Crippen LogP contribution in [0.5, 0.6) is 0 Å². The number of anilines is 1. The Balaban J connectivity index is 1.99. The summed E-state index contributed by atoms with van der Waals surface area (Å²) in [6.07, 6.45) is 1.70. The van der Waals surface area contributed by atoms with Gasteiger partial charge in [0.05, 0.1) is 17.0 Å². The number of sulfonamides is 1. The molecule has 0 radical (unpaired) electrons. The second kappa shape index (κ2) is 9.63. The Kier molecular flexibility index (Phi) is 7.75. The molecule has 0 fully saturated rings. The molecule has 0 aliphatic carbocycles. The number of nitrogens with zero attached hydrogens (tertiary/aromatic N) is 2. The lowest BCUT2D eigenvalue weighted by Gasteiger charge is -2.24. The van der Waals surface area contributed by atoms with E-state index in [1.54, 1.807) is 24.1 Å². The zero-order valence-electron chi connectivity index (χ0n) is 16.2. The van der Waals surface area contributed by atoms with Crippen LogP contribution in [0, 0.1) is 6.92 Å². The van der Waals surface area contributed by atoms with E-state index < -0.39 is 10.0 Å². The van der Waals surface area contributed by atoms with E-state index >= 15 is 0 Å². The lowest BCUT2D eigenvalue weighted by Crippen LogP contribution is -2.32. The van der Waals surface area contributed by atoms with Crippen molar-refractivity contribution < 1.29 is 13.2 Å². The van der Waals surface area contributed by atoms with Crippen molar-refractivity contribution in [2.24, 2.45) is 0 Å². The number of hydrogen-bond acceptors (Lipinski definition) is 3. The maximum absolute atomic E-state index is 12.4. The molecule has 8 heteroatoms. The highest BCUT2D eigenvalue weighted by Gasteiger charge is 2.21. The van der Waals surface area contributed by atoms with Crippen LogP contribution in [0.3, 0.4) is 0 Å². The van der Waals surface area contributed by atoms with Crippen LogP contribution in [0.2, 0.25) is 10.0 Å². The van der Waals surface area contributed by atoms with E-state index in [1.807, 2.05) is 31.2 Å². The lowest BCUT2D eigenvalue weighted by atomic mass is 10.1. The van der Waals surface area contributed by atoms with Crippen LogP contribution in [-0.4, -0.2) is 39.1 Å². The summed E-state index contributed by atoms with van der Waals surface area (Å²) < 4.78 is 25.6. The highest BCUT2D eigenvalue weighted by Crippen LogP contribution is 2.30. The standard InChI is InChI=1S/C20H24Cl2N2O3S/c1-15-6-8-16(9-7-15)14-23(2)20(25)5-4-12-24(28(3,26)27)19-13-17(21)10-11-18(19)22/h6-11,13H,4-5,12,14H2,1-3H3. The summed E-state index contributed by atoms with van der Waals surface area (Å²) in [7, 11) is -1.82. The van der Waals surface area contributed by atoms with E-state index in [9.17, 15) is 13.2 Å². The molecule has 0 aliphatic heterocycles. The second-order valence-corrected chi connectivity index (χ2v) is 9.52. The minimum Gasteiger partial charge on any atom is -0.341 e. The average molecular weight is 443 g/mol. The van der Waals surface area contributed by atoms with E-state index in [0.717, 1.165) is 11.8 Å². The van der Waals surface area contributed by atoms with Gasteiger partial charge in [0.25, 0.3) is 0 Å². The monoisotopic (exact) mass is 442 g/mol. The molecule has 2 aromatic rings. The van der Waals surface area contributed by atoms with Crippen molar-refractivity contribution in [3.63, 3.8) is 0 Å². The molecule has 5 nitrogen and oxygen atoms in total. The first-order chi connectivity index (χ1) is 13.1. The normalized spacial score (nSPS) is 11.3. The predicted octanol–water partition coefficient (Wildman–Crippen LogP) is 4.51. The summed E-state index contributed by atoms with van der Waals surface area (Å²) in [4.78, 5) is 14.1. The van der Waals surface area contributed by atoms with Gasteiger partial charge in [0.1, 0.15) is 0 Å². The fourth-order valence-corrected chi connectivity index (χ4v) is 4.17. The molecule has 0 aliphatic rings. The van der Waals surface area contributed by atoms with Crippen molar-refractivity contribution in [1.82, 2.24) is 4.90 Å². The van der Waals surface area contributed by atoms with Gasteiger partial charge in [-0.25, -0.2) is 8.42 Å². The number of hydrogen-bond donors (Lipinski definition) is 0. The van der Waals surface area contributed by atoms with Crippen molar-refractivity contribution in [3.05, 3.63) is 63.6 Å².